The molecule has 2 aromatic heterocycles. The molecule has 4 N–H and O–H groups in total. The first-order valence-corrected chi connectivity index (χ1v) is 8.33. The van der Waals surface area contributed by atoms with E-state index in [0.29, 0.717) is 19.6 Å². The Balaban J connectivity index is 1.85. The molecule has 128 valence electrons. The SMILES string of the molecule is OCCNCCNc1nc2ccc(F)cc2c2[nH]c3ccccc3c12. The Labute approximate surface area is 143 Å². The van der Waals surface area contributed by atoms with E-state index in [1.807, 2.05) is 24.3 Å². The number of nitrogens with one attached hydrogen (secondary N) is 3. The molecule has 4 aromatic rings. The largest absolute Gasteiger partial charge is 0.395 e. The van der Waals surface area contributed by atoms with E-state index >= 15 is 0 Å². The third kappa shape index (κ3) is 2.90. The van der Waals surface area contributed by atoms with Gasteiger partial charge in [-0.25, -0.2) is 9.37 Å². The van der Waals surface area contributed by atoms with Crippen LogP contribution in [0.4, 0.5) is 10.2 Å². The minimum Gasteiger partial charge on any atom is -0.395 e. The van der Waals surface area contributed by atoms with E-state index in [-0.39, 0.29) is 12.4 Å². The van der Waals surface area contributed by atoms with Crippen molar-refractivity contribution >= 4 is 38.5 Å². The maximum absolute atomic E-state index is 13.8. The highest BCUT2D eigenvalue weighted by molar-refractivity contribution is 6.20. The second-order valence-corrected chi connectivity index (χ2v) is 5.94. The zero-order chi connectivity index (χ0) is 17.2. The topological polar surface area (TPSA) is 73.0 Å². The van der Waals surface area contributed by atoms with Crippen LogP contribution in [0.1, 0.15) is 0 Å². The number of anilines is 1. The first-order chi connectivity index (χ1) is 12.3. The van der Waals surface area contributed by atoms with Crippen molar-refractivity contribution in [3.63, 3.8) is 0 Å². The molecule has 0 saturated heterocycles. The summed E-state index contributed by atoms with van der Waals surface area (Å²) in [5.41, 5.74) is 2.63. The number of nitrogens with zero attached hydrogens (tertiary/aromatic N) is 1. The molecule has 0 atom stereocenters. The number of aliphatic hydroxyl groups excluding tert-OH is 1. The fourth-order valence-corrected chi connectivity index (χ4v) is 3.17. The van der Waals surface area contributed by atoms with Crippen molar-refractivity contribution in [2.45, 2.75) is 0 Å². The van der Waals surface area contributed by atoms with Gasteiger partial charge in [-0.15, -0.1) is 0 Å². The molecule has 0 aliphatic carbocycles. The van der Waals surface area contributed by atoms with Crippen molar-refractivity contribution in [2.75, 3.05) is 31.6 Å². The Kier molecular flexibility index (Phi) is 4.21. The number of hydrogen-bond acceptors (Lipinski definition) is 4. The molecule has 0 aliphatic heterocycles. The lowest BCUT2D eigenvalue weighted by Gasteiger charge is -2.10. The zero-order valence-electron chi connectivity index (χ0n) is 13.6. The summed E-state index contributed by atoms with van der Waals surface area (Å²) in [4.78, 5) is 8.11. The van der Waals surface area contributed by atoms with Gasteiger partial charge in [0, 0.05) is 35.9 Å². The van der Waals surface area contributed by atoms with Gasteiger partial charge in [0.1, 0.15) is 11.6 Å². The number of hydrogen-bond donors (Lipinski definition) is 4. The van der Waals surface area contributed by atoms with E-state index in [9.17, 15) is 4.39 Å². The van der Waals surface area contributed by atoms with Crippen LogP contribution in [0.3, 0.4) is 0 Å². The number of pyridine rings is 1. The van der Waals surface area contributed by atoms with Crippen LogP contribution < -0.4 is 10.6 Å². The van der Waals surface area contributed by atoms with Gasteiger partial charge in [0.2, 0.25) is 0 Å². The average molecular weight is 338 g/mol. The Morgan fingerprint density at radius 1 is 1.04 bits per heavy atom. The molecule has 6 heteroatoms. The highest BCUT2D eigenvalue weighted by Crippen LogP contribution is 2.35. The predicted molar refractivity (Wildman–Crippen MR) is 99.5 cm³/mol. The van der Waals surface area contributed by atoms with Crippen LogP contribution in [-0.2, 0) is 0 Å². The number of para-hydroxylation sites is 1. The predicted octanol–water partition coefficient (Wildman–Crippen LogP) is 3.00. The monoisotopic (exact) mass is 338 g/mol. The molecule has 2 aromatic carbocycles. The van der Waals surface area contributed by atoms with Crippen molar-refractivity contribution in [2.24, 2.45) is 0 Å². The van der Waals surface area contributed by atoms with Crippen LogP contribution in [0.15, 0.2) is 42.5 Å². The third-order valence-electron chi connectivity index (χ3n) is 4.29. The van der Waals surface area contributed by atoms with Crippen LogP contribution in [-0.4, -0.2) is 41.3 Å². The molecule has 0 unspecified atom stereocenters. The summed E-state index contributed by atoms with van der Waals surface area (Å²) in [6.45, 7) is 2.07. The maximum Gasteiger partial charge on any atom is 0.136 e. The summed E-state index contributed by atoms with van der Waals surface area (Å²) in [5, 5.41) is 18.1. The lowest BCUT2D eigenvalue weighted by molar-refractivity contribution is 0.293. The maximum atomic E-state index is 13.8. The first kappa shape index (κ1) is 15.8. The molecular formula is C19H19FN4O. The lowest BCUT2D eigenvalue weighted by Crippen LogP contribution is -2.25. The molecule has 4 rings (SSSR count). The lowest BCUT2D eigenvalue weighted by atomic mass is 10.1. The second kappa shape index (κ2) is 6.66. The van der Waals surface area contributed by atoms with E-state index in [1.54, 1.807) is 6.07 Å². The highest BCUT2D eigenvalue weighted by Gasteiger charge is 2.14. The number of aromatic amines is 1. The van der Waals surface area contributed by atoms with Gasteiger partial charge in [0.05, 0.1) is 23.0 Å². The number of rotatable bonds is 6. The molecule has 5 nitrogen and oxygen atoms in total. The number of benzene rings is 2. The summed E-state index contributed by atoms with van der Waals surface area (Å²) < 4.78 is 13.8. The first-order valence-electron chi connectivity index (χ1n) is 8.33. The van der Waals surface area contributed by atoms with Crippen LogP contribution in [0.2, 0.25) is 0 Å². The fraction of sp³-hybridized carbons (Fsp3) is 0.211. The van der Waals surface area contributed by atoms with Gasteiger partial charge in [-0.2, -0.15) is 0 Å². The molecule has 2 heterocycles. The van der Waals surface area contributed by atoms with Crippen LogP contribution in [0, 0.1) is 5.82 Å². The second-order valence-electron chi connectivity index (χ2n) is 5.94. The van der Waals surface area contributed by atoms with Gasteiger partial charge in [0.25, 0.3) is 0 Å². The van der Waals surface area contributed by atoms with Gasteiger partial charge >= 0.3 is 0 Å². The fourth-order valence-electron chi connectivity index (χ4n) is 3.17. The Hall–Kier alpha value is -2.70. The Morgan fingerprint density at radius 3 is 2.80 bits per heavy atom. The number of fused-ring (bicyclic) bond motifs is 5. The smallest absolute Gasteiger partial charge is 0.136 e. The minimum absolute atomic E-state index is 0.118. The molecule has 0 amide bonds. The van der Waals surface area contributed by atoms with Gasteiger partial charge in [-0.3, -0.25) is 0 Å². The van der Waals surface area contributed by atoms with Crippen LogP contribution >= 0.6 is 0 Å². The van der Waals surface area contributed by atoms with Crippen molar-refractivity contribution in [3.8, 4) is 0 Å². The molecule has 0 spiro atoms. The molecule has 0 aliphatic rings. The van der Waals surface area contributed by atoms with Gasteiger partial charge in [0.15, 0.2) is 0 Å². The molecule has 0 saturated carbocycles. The Morgan fingerprint density at radius 2 is 1.92 bits per heavy atom. The number of H-pyrrole nitrogens is 1. The number of halogens is 1. The standard InChI is InChI=1S/C19H19FN4O/c20-12-5-6-16-14(11-12)18-17(13-3-1-2-4-15(13)23-18)19(24-16)22-8-7-21-9-10-25/h1-6,11,21,23,25H,7-10H2,(H,22,24). The highest BCUT2D eigenvalue weighted by atomic mass is 19.1. The third-order valence-corrected chi connectivity index (χ3v) is 4.29. The molecule has 0 radical (unpaired) electrons. The van der Waals surface area contributed by atoms with Gasteiger partial charge < -0.3 is 20.7 Å². The quantitative estimate of drug-likeness (QED) is 0.408. The summed E-state index contributed by atoms with van der Waals surface area (Å²) in [7, 11) is 0. The molecule has 25 heavy (non-hydrogen) atoms. The van der Waals surface area contributed by atoms with Crippen molar-refractivity contribution in [1.29, 1.82) is 0 Å². The molecule has 0 bridgehead atoms. The molecular weight excluding hydrogens is 319 g/mol. The van der Waals surface area contributed by atoms with E-state index in [4.69, 9.17) is 10.1 Å². The van der Waals surface area contributed by atoms with E-state index in [2.05, 4.69) is 15.6 Å². The summed E-state index contributed by atoms with van der Waals surface area (Å²) >= 11 is 0. The number of aromatic nitrogens is 2. The summed E-state index contributed by atoms with van der Waals surface area (Å²) in [6, 6.07) is 12.6. The Bertz CT molecular complexity index is 1040. The minimum atomic E-state index is -0.275. The summed E-state index contributed by atoms with van der Waals surface area (Å²) in [6.07, 6.45) is 0. The van der Waals surface area contributed by atoms with Crippen molar-refractivity contribution < 1.29 is 9.50 Å². The zero-order valence-corrected chi connectivity index (χ0v) is 13.6. The van der Waals surface area contributed by atoms with Crippen LogP contribution in [0.5, 0.6) is 0 Å². The van der Waals surface area contributed by atoms with Gasteiger partial charge in [-0.05, 0) is 24.3 Å². The molecule has 0 fully saturated rings. The van der Waals surface area contributed by atoms with Crippen molar-refractivity contribution in [1.82, 2.24) is 15.3 Å². The van der Waals surface area contributed by atoms with E-state index in [0.717, 1.165) is 38.5 Å². The van der Waals surface area contributed by atoms with Crippen LogP contribution in [0.25, 0.3) is 32.7 Å². The number of aliphatic hydroxyl groups is 1. The normalized spacial score (nSPS) is 11.6. The average Bonchev–Trinajstić information content (AvgIpc) is 3.02. The van der Waals surface area contributed by atoms with E-state index in [1.165, 1.54) is 12.1 Å². The van der Waals surface area contributed by atoms with Gasteiger partial charge in [-0.1, -0.05) is 18.2 Å². The van der Waals surface area contributed by atoms with Crippen molar-refractivity contribution in [3.05, 3.63) is 48.3 Å². The summed E-state index contributed by atoms with van der Waals surface area (Å²) in [5.74, 6) is 0.500. The van der Waals surface area contributed by atoms with E-state index < -0.39 is 0 Å².